The number of aliphatic hydroxyl groups is 1. The van der Waals surface area contributed by atoms with E-state index < -0.39 is 12.1 Å². The van der Waals surface area contributed by atoms with Crippen molar-refractivity contribution >= 4 is 37.2 Å². The van der Waals surface area contributed by atoms with E-state index in [9.17, 15) is 13.9 Å². The van der Waals surface area contributed by atoms with Crippen molar-refractivity contribution in [3.63, 3.8) is 0 Å². The van der Waals surface area contributed by atoms with E-state index in [1.807, 2.05) is 37.3 Å². The first-order valence-electron chi connectivity index (χ1n) is 12.3. The Kier molecular flexibility index (Phi) is 12.4. The summed E-state index contributed by atoms with van der Waals surface area (Å²) in [4.78, 5) is 10.4. The van der Waals surface area contributed by atoms with Crippen LogP contribution in [-0.4, -0.2) is 52.2 Å². The number of benzene rings is 3. The molecule has 2 unspecified atom stereocenters. The average Bonchev–Trinajstić information content (AvgIpc) is 3.31. The molecule has 0 spiro atoms. The van der Waals surface area contributed by atoms with Gasteiger partial charge in [-0.05, 0) is 42.3 Å². The van der Waals surface area contributed by atoms with Crippen LogP contribution < -0.4 is 5.32 Å². The second kappa shape index (κ2) is 14.7. The topological polar surface area (TPSA) is 64.2 Å². The average molecular weight is 598 g/mol. The molecule has 39 heavy (non-hydrogen) atoms. The third kappa shape index (κ3) is 7.37. The molecule has 2 atom stereocenters. The maximum atomic E-state index is 13.9. The second-order valence-electron chi connectivity index (χ2n) is 9.26. The van der Waals surface area contributed by atoms with Crippen molar-refractivity contribution in [2.24, 2.45) is 0 Å². The van der Waals surface area contributed by atoms with Crippen LogP contribution in [0.1, 0.15) is 34.5 Å². The van der Waals surface area contributed by atoms with Gasteiger partial charge >= 0.3 is 0 Å². The Morgan fingerprint density at radius 1 is 0.795 bits per heavy atom. The SMILES string of the molecule is Cc1[nH]c(-c2ccccc2)nc1C(O)C(C(c1ccc(F)cc1)c1ccc(F)cc1)N1CCNCC1.Cl.Cl.Cl. The van der Waals surface area contributed by atoms with Crippen LogP contribution in [0.5, 0.6) is 0 Å². The summed E-state index contributed by atoms with van der Waals surface area (Å²) >= 11 is 0. The molecule has 0 aliphatic carbocycles. The molecule has 0 saturated carbocycles. The van der Waals surface area contributed by atoms with E-state index in [0.717, 1.165) is 48.6 Å². The summed E-state index contributed by atoms with van der Waals surface area (Å²) in [7, 11) is 0. The van der Waals surface area contributed by atoms with Crippen LogP contribution in [0.2, 0.25) is 0 Å². The number of aryl methyl sites for hydroxylation is 1. The minimum atomic E-state index is -0.947. The predicted molar refractivity (Wildman–Crippen MR) is 158 cm³/mol. The number of nitrogens with one attached hydrogen (secondary N) is 2. The van der Waals surface area contributed by atoms with Crippen LogP contribution >= 0.6 is 37.2 Å². The molecule has 1 aliphatic heterocycles. The minimum absolute atomic E-state index is 0. The zero-order chi connectivity index (χ0) is 25.1. The van der Waals surface area contributed by atoms with Gasteiger partial charge in [0.15, 0.2) is 0 Å². The number of rotatable bonds is 7. The van der Waals surface area contributed by atoms with Crippen LogP contribution in [0.3, 0.4) is 0 Å². The van der Waals surface area contributed by atoms with Crippen molar-refractivity contribution in [1.82, 2.24) is 20.2 Å². The van der Waals surface area contributed by atoms with E-state index in [-0.39, 0.29) is 54.8 Å². The Balaban J connectivity index is 0.00000178. The molecule has 3 aromatic carbocycles. The number of imidazole rings is 1. The fraction of sp³-hybridized carbons (Fsp3) is 0.276. The van der Waals surface area contributed by atoms with Gasteiger partial charge in [-0.2, -0.15) is 0 Å². The lowest BCUT2D eigenvalue weighted by Gasteiger charge is -2.42. The Morgan fingerprint density at radius 3 is 1.82 bits per heavy atom. The van der Waals surface area contributed by atoms with Crippen LogP contribution in [0.4, 0.5) is 8.78 Å². The van der Waals surface area contributed by atoms with Crippen molar-refractivity contribution in [2.75, 3.05) is 26.2 Å². The van der Waals surface area contributed by atoms with E-state index in [4.69, 9.17) is 4.98 Å². The van der Waals surface area contributed by atoms with Gasteiger partial charge in [0.25, 0.3) is 0 Å². The standard InChI is InChI=1S/C29H30F2N4O.3ClH/c1-19-26(34-29(33-19)22-5-3-2-4-6-22)28(36)27(35-17-15-32-16-18-35)25(20-7-11-23(30)12-8-20)21-9-13-24(31)14-10-21;;;/h2-14,25,27-28,32,36H,15-18H2,1H3,(H,33,34);3*1H. The Morgan fingerprint density at radius 2 is 1.31 bits per heavy atom. The number of H-pyrrole nitrogens is 1. The van der Waals surface area contributed by atoms with Crippen LogP contribution in [0.15, 0.2) is 78.9 Å². The number of nitrogens with zero attached hydrogens (tertiary/aromatic N) is 2. The van der Waals surface area contributed by atoms with E-state index >= 15 is 0 Å². The van der Waals surface area contributed by atoms with Gasteiger partial charge < -0.3 is 15.4 Å². The van der Waals surface area contributed by atoms with Crippen molar-refractivity contribution in [2.45, 2.75) is 25.0 Å². The summed E-state index contributed by atoms with van der Waals surface area (Å²) in [5.74, 6) is -0.296. The minimum Gasteiger partial charge on any atom is -0.385 e. The lowest BCUT2D eigenvalue weighted by molar-refractivity contribution is 0.0295. The highest BCUT2D eigenvalue weighted by Gasteiger charge is 2.38. The monoisotopic (exact) mass is 596 g/mol. The number of aliphatic hydroxyl groups excluding tert-OH is 1. The number of aromatic nitrogens is 2. The smallest absolute Gasteiger partial charge is 0.137 e. The molecular formula is C29H33Cl3F2N4O. The van der Waals surface area contributed by atoms with E-state index in [2.05, 4.69) is 15.2 Å². The zero-order valence-electron chi connectivity index (χ0n) is 21.4. The summed E-state index contributed by atoms with van der Waals surface area (Å²) < 4.78 is 27.7. The fourth-order valence-corrected chi connectivity index (χ4v) is 5.16. The number of aromatic amines is 1. The van der Waals surface area contributed by atoms with Gasteiger partial charge in [0.05, 0.1) is 11.7 Å². The van der Waals surface area contributed by atoms with Crippen molar-refractivity contribution in [3.05, 3.63) is 113 Å². The zero-order valence-corrected chi connectivity index (χ0v) is 23.8. The molecule has 2 heterocycles. The molecule has 210 valence electrons. The van der Waals surface area contributed by atoms with E-state index in [1.165, 1.54) is 24.3 Å². The predicted octanol–water partition coefficient (Wildman–Crippen LogP) is 6.07. The summed E-state index contributed by atoms with van der Waals surface area (Å²) in [5, 5.41) is 15.4. The molecule has 0 bridgehead atoms. The quantitative estimate of drug-likeness (QED) is 0.242. The van der Waals surface area contributed by atoms with Gasteiger partial charge in [0.1, 0.15) is 23.6 Å². The first kappa shape index (κ1) is 32.7. The summed E-state index contributed by atoms with van der Waals surface area (Å²) in [6.07, 6.45) is -0.947. The molecule has 4 aromatic rings. The highest BCUT2D eigenvalue weighted by Crippen LogP contribution is 2.39. The third-order valence-electron chi connectivity index (χ3n) is 6.95. The first-order valence-corrected chi connectivity index (χ1v) is 12.3. The second-order valence-corrected chi connectivity index (χ2v) is 9.26. The molecule has 1 saturated heterocycles. The van der Waals surface area contributed by atoms with Crippen molar-refractivity contribution < 1.29 is 13.9 Å². The first-order chi connectivity index (χ1) is 17.5. The molecule has 1 aromatic heterocycles. The molecule has 5 rings (SSSR count). The number of hydrogen-bond donors (Lipinski definition) is 3. The largest absolute Gasteiger partial charge is 0.385 e. The molecule has 0 amide bonds. The molecule has 1 aliphatic rings. The Hall–Kier alpha value is -2.52. The Bertz CT molecular complexity index is 1240. The molecular weight excluding hydrogens is 565 g/mol. The van der Waals surface area contributed by atoms with Crippen LogP contribution in [0, 0.1) is 18.6 Å². The van der Waals surface area contributed by atoms with Gasteiger partial charge in [0.2, 0.25) is 0 Å². The van der Waals surface area contributed by atoms with Gasteiger partial charge in [-0.25, -0.2) is 13.8 Å². The maximum absolute atomic E-state index is 13.9. The van der Waals surface area contributed by atoms with Gasteiger partial charge in [0, 0.05) is 43.4 Å². The van der Waals surface area contributed by atoms with Gasteiger partial charge in [-0.3, -0.25) is 4.90 Å². The highest BCUT2D eigenvalue weighted by atomic mass is 35.5. The van der Waals surface area contributed by atoms with E-state index in [0.29, 0.717) is 11.5 Å². The molecule has 3 N–H and O–H groups in total. The van der Waals surface area contributed by atoms with Gasteiger partial charge in [-0.15, -0.1) is 37.2 Å². The summed E-state index contributed by atoms with van der Waals surface area (Å²) in [6.45, 7) is 4.96. The number of halogens is 5. The molecule has 1 fully saturated rings. The lowest BCUT2D eigenvalue weighted by Crippen LogP contribution is -2.52. The summed E-state index contributed by atoms with van der Waals surface area (Å²) in [6, 6.07) is 22.1. The molecule has 0 radical (unpaired) electrons. The van der Waals surface area contributed by atoms with Gasteiger partial charge in [-0.1, -0.05) is 54.6 Å². The summed E-state index contributed by atoms with van der Waals surface area (Å²) in [5.41, 5.74) is 4.00. The lowest BCUT2D eigenvalue weighted by atomic mass is 9.80. The van der Waals surface area contributed by atoms with Crippen molar-refractivity contribution in [1.29, 1.82) is 0 Å². The maximum Gasteiger partial charge on any atom is 0.137 e. The molecule has 10 heteroatoms. The van der Waals surface area contributed by atoms with Crippen LogP contribution in [0.25, 0.3) is 11.4 Å². The highest BCUT2D eigenvalue weighted by molar-refractivity contribution is 5.86. The molecule has 5 nitrogen and oxygen atoms in total. The van der Waals surface area contributed by atoms with Crippen LogP contribution in [-0.2, 0) is 0 Å². The number of hydrogen-bond acceptors (Lipinski definition) is 4. The van der Waals surface area contributed by atoms with E-state index in [1.54, 1.807) is 24.3 Å². The third-order valence-corrected chi connectivity index (χ3v) is 6.95. The normalized spacial score (nSPS) is 15.0. The Labute approximate surface area is 246 Å². The fourth-order valence-electron chi connectivity index (χ4n) is 5.16. The van der Waals surface area contributed by atoms with Crippen molar-refractivity contribution in [3.8, 4) is 11.4 Å². The number of piperazine rings is 1.